The van der Waals surface area contributed by atoms with Crippen molar-refractivity contribution in [2.24, 2.45) is 0 Å². The molecule has 1 aromatic rings. The topological polar surface area (TPSA) is 67.4 Å². The van der Waals surface area contributed by atoms with Gasteiger partial charge in [0.25, 0.3) is 5.91 Å². The molecule has 2 N–H and O–H groups in total. The zero-order chi connectivity index (χ0) is 11.3. The van der Waals surface area contributed by atoms with Crippen molar-refractivity contribution in [2.75, 3.05) is 7.11 Å². The van der Waals surface area contributed by atoms with Crippen LogP contribution in [0.15, 0.2) is 24.3 Å². The second kappa shape index (κ2) is 5.33. The van der Waals surface area contributed by atoms with Gasteiger partial charge in [-0.05, 0) is 36.0 Å². The molecule has 0 atom stereocenters. The van der Waals surface area contributed by atoms with Crippen molar-refractivity contribution in [3.8, 4) is 0 Å². The Kier molecular flexibility index (Phi) is 4.08. The molecule has 0 fully saturated rings. The van der Waals surface area contributed by atoms with Crippen molar-refractivity contribution in [3.63, 3.8) is 0 Å². The Morgan fingerprint density at radius 3 is 2.20 bits per heavy atom. The van der Waals surface area contributed by atoms with Crippen molar-refractivity contribution in [1.29, 1.82) is 0 Å². The van der Waals surface area contributed by atoms with Crippen molar-refractivity contribution < 1.29 is 14.3 Å². The van der Waals surface area contributed by atoms with E-state index in [1.165, 1.54) is 31.4 Å². The summed E-state index contributed by atoms with van der Waals surface area (Å²) < 4.78 is 4.51. The Balaban J connectivity index is 2.80. The van der Waals surface area contributed by atoms with Gasteiger partial charge in [-0.1, -0.05) is 0 Å². The highest BCUT2D eigenvalue weighted by Crippen LogP contribution is 2.05. The van der Waals surface area contributed by atoms with E-state index in [1.54, 1.807) is 0 Å². The number of hydrazine groups is 1. The number of amides is 1. The number of methoxy groups -OCH3 is 1. The van der Waals surface area contributed by atoms with Crippen molar-refractivity contribution in [1.82, 2.24) is 10.4 Å². The maximum Gasteiger partial charge on any atom is 0.337 e. The summed E-state index contributed by atoms with van der Waals surface area (Å²) in [5, 5.41) is 0. The molecule has 0 saturated carbocycles. The lowest BCUT2D eigenvalue weighted by atomic mass is 10.1. The summed E-state index contributed by atoms with van der Waals surface area (Å²) in [5.41, 5.74) is 2.95. The number of carbonyl (C=O) groups excluding carboxylic acids is 2. The van der Waals surface area contributed by atoms with E-state index in [0.29, 0.717) is 11.1 Å². The highest BCUT2D eigenvalue weighted by atomic mass is 35.5. The predicted molar refractivity (Wildman–Crippen MR) is 54.2 cm³/mol. The average molecular weight is 229 g/mol. The Hall–Kier alpha value is -1.59. The molecule has 0 heterocycles. The summed E-state index contributed by atoms with van der Waals surface area (Å²) in [4.78, 5) is 24.3. The van der Waals surface area contributed by atoms with Gasteiger partial charge in [0.05, 0.1) is 12.7 Å². The van der Waals surface area contributed by atoms with Gasteiger partial charge in [0.2, 0.25) is 0 Å². The van der Waals surface area contributed by atoms with Gasteiger partial charge in [-0.2, -0.15) is 0 Å². The Bertz CT molecular complexity index is 364. The Labute approximate surface area is 91.4 Å². The minimum Gasteiger partial charge on any atom is -0.465 e. The Morgan fingerprint density at radius 1 is 1.20 bits per heavy atom. The van der Waals surface area contributed by atoms with Crippen LogP contribution in [-0.2, 0) is 4.74 Å². The lowest BCUT2D eigenvalue weighted by Crippen LogP contribution is -2.30. The zero-order valence-electron chi connectivity index (χ0n) is 7.91. The molecule has 0 aliphatic heterocycles. The molecule has 0 radical (unpaired) electrons. The van der Waals surface area contributed by atoms with Crippen LogP contribution in [0.3, 0.4) is 0 Å². The molecule has 15 heavy (non-hydrogen) atoms. The van der Waals surface area contributed by atoms with Gasteiger partial charge >= 0.3 is 5.97 Å². The fraction of sp³-hybridized carbons (Fsp3) is 0.111. The molecular weight excluding hydrogens is 220 g/mol. The van der Waals surface area contributed by atoms with Crippen LogP contribution in [-0.4, -0.2) is 19.0 Å². The third-order valence-corrected chi connectivity index (χ3v) is 1.82. The van der Waals surface area contributed by atoms with Crippen LogP contribution < -0.4 is 10.4 Å². The van der Waals surface area contributed by atoms with Crippen molar-refractivity contribution >= 4 is 23.7 Å². The first-order valence-corrected chi connectivity index (χ1v) is 4.41. The number of hydrogen-bond donors (Lipinski definition) is 2. The number of carbonyl (C=O) groups is 2. The van der Waals surface area contributed by atoms with E-state index >= 15 is 0 Å². The maximum atomic E-state index is 11.2. The summed E-state index contributed by atoms with van der Waals surface area (Å²) >= 11 is 5.09. The molecule has 6 heteroatoms. The van der Waals surface area contributed by atoms with Gasteiger partial charge in [0, 0.05) is 5.56 Å². The van der Waals surface area contributed by atoms with E-state index in [1.807, 2.05) is 4.94 Å². The lowest BCUT2D eigenvalue weighted by molar-refractivity contribution is 0.0600. The van der Waals surface area contributed by atoms with E-state index in [2.05, 4.69) is 10.2 Å². The van der Waals surface area contributed by atoms with Crippen LogP contribution in [0.4, 0.5) is 0 Å². The lowest BCUT2D eigenvalue weighted by Gasteiger charge is -2.02. The summed E-state index contributed by atoms with van der Waals surface area (Å²) in [6.45, 7) is 0. The first-order chi connectivity index (χ1) is 7.19. The summed E-state index contributed by atoms with van der Waals surface area (Å²) in [6.07, 6.45) is 0. The number of benzene rings is 1. The molecule has 0 saturated heterocycles. The monoisotopic (exact) mass is 228 g/mol. The predicted octanol–water partition coefficient (Wildman–Crippen LogP) is 0.861. The minimum atomic E-state index is -0.447. The fourth-order valence-corrected chi connectivity index (χ4v) is 1.08. The number of esters is 1. The van der Waals surface area contributed by atoms with Gasteiger partial charge in [-0.25, -0.2) is 4.79 Å². The standard InChI is InChI=1S/C9H9ClN2O3/c1-15-9(14)7-4-2-6(3-5-7)8(13)11-12-10/h2-5,12H,1H3,(H,11,13). The van der Waals surface area contributed by atoms with Crippen LogP contribution in [0.1, 0.15) is 20.7 Å². The maximum absolute atomic E-state index is 11.2. The Morgan fingerprint density at radius 2 is 1.73 bits per heavy atom. The third-order valence-electron chi connectivity index (χ3n) is 1.73. The van der Waals surface area contributed by atoms with Crippen LogP contribution in [0.25, 0.3) is 0 Å². The number of ether oxygens (including phenoxy) is 1. The van der Waals surface area contributed by atoms with Crippen LogP contribution in [0.5, 0.6) is 0 Å². The molecule has 1 amide bonds. The van der Waals surface area contributed by atoms with Gasteiger partial charge < -0.3 is 4.74 Å². The molecule has 0 aliphatic rings. The minimum absolute atomic E-state index is 0.382. The van der Waals surface area contributed by atoms with Crippen LogP contribution in [0, 0.1) is 0 Å². The molecule has 1 aromatic carbocycles. The smallest absolute Gasteiger partial charge is 0.337 e. The van der Waals surface area contributed by atoms with Gasteiger partial charge in [-0.15, -0.1) is 4.94 Å². The average Bonchev–Trinajstić information content (AvgIpc) is 2.28. The molecule has 0 bridgehead atoms. The van der Waals surface area contributed by atoms with Crippen LogP contribution >= 0.6 is 11.8 Å². The highest BCUT2D eigenvalue weighted by molar-refractivity contribution is 6.14. The number of nitrogens with one attached hydrogen (secondary N) is 2. The number of hydrogen-bond acceptors (Lipinski definition) is 4. The summed E-state index contributed by atoms with van der Waals surface area (Å²) in [6, 6.07) is 5.98. The molecule has 80 valence electrons. The molecule has 1 rings (SSSR count). The number of halogens is 1. The van der Waals surface area contributed by atoms with Crippen LogP contribution in [0.2, 0.25) is 0 Å². The molecule has 0 spiro atoms. The van der Waals surface area contributed by atoms with E-state index in [-0.39, 0.29) is 5.91 Å². The molecular formula is C9H9ClN2O3. The first kappa shape index (κ1) is 11.5. The quantitative estimate of drug-likeness (QED) is 0.458. The SMILES string of the molecule is COC(=O)c1ccc(C(=O)NNCl)cc1. The van der Waals surface area contributed by atoms with E-state index < -0.39 is 5.97 Å². The van der Waals surface area contributed by atoms with Gasteiger partial charge in [-0.3, -0.25) is 10.2 Å². The molecule has 0 unspecified atom stereocenters. The molecule has 0 aromatic heterocycles. The molecule has 0 aliphatic carbocycles. The van der Waals surface area contributed by atoms with Crippen molar-refractivity contribution in [2.45, 2.75) is 0 Å². The number of rotatable bonds is 3. The highest BCUT2D eigenvalue weighted by Gasteiger charge is 2.07. The van der Waals surface area contributed by atoms with Crippen molar-refractivity contribution in [3.05, 3.63) is 35.4 Å². The van der Waals surface area contributed by atoms with E-state index in [9.17, 15) is 9.59 Å². The first-order valence-electron chi connectivity index (χ1n) is 4.03. The van der Waals surface area contributed by atoms with E-state index in [0.717, 1.165) is 0 Å². The second-order valence-electron chi connectivity index (χ2n) is 2.62. The zero-order valence-corrected chi connectivity index (χ0v) is 8.67. The summed E-state index contributed by atoms with van der Waals surface area (Å²) in [5.74, 6) is -0.834. The third kappa shape index (κ3) is 2.93. The normalized spacial score (nSPS) is 9.47. The fourth-order valence-electron chi connectivity index (χ4n) is 0.991. The van der Waals surface area contributed by atoms with Gasteiger partial charge in [0.1, 0.15) is 0 Å². The molecule has 5 nitrogen and oxygen atoms in total. The summed E-state index contributed by atoms with van der Waals surface area (Å²) in [7, 11) is 1.29. The van der Waals surface area contributed by atoms with E-state index in [4.69, 9.17) is 11.8 Å². The largest absolute Gasteiger partial charge is 0.465 e. The second-order valence-corrected chi connectivity index (χ2v) is 2.81. The van der Waals surface area contributed by atoms with Gasteiger partial charge in [0.15, 0.2) is 0 Å².